The predicted molar refractivity (Wildman–Crippen MR) is 145 cm³/mol. The van der Waals surface area contributed by atoms with Crippen LogP contribution in [0, 0.1) is 0 Å². The van der Waals surface area contributed by atoms with Crippen LogP contribution in [0.15, 0.2) is 88.2 Å². The van der Waals surface area contributed by atoms with Gasteiger partial charge in [0.05, 0.1) is 10.6 Å². The van der Waals surface area contributed by atoms with E-state index in [0.29, 0.717) is 17.3 Å². The molecule has 190 valence electrons. The topological polar surface area (TPSA) is 86.8 Å². The Balaban J connectivity index is 1.99. The molecular formula is C26H27BrClN3O4S. The maximum absolute atomic E-state index is 13.7. The molecule has 0 aliphatic carbocycles. The number of rotatable bonds is 10. The molecular weight excluding hydrogens is 566 g/mol. The van der Waals surface area contributed by atoms with Crippen molar-refractivity contribution >= 4 is 55.1 Å². The number of carbonyl (C=O) groups excluding carboxylic acids is 2. The maximum Gasteiger partial charge on any atom is 0.264 e. The minimum Gasteiger partial charge on any atom is -0.355 e. The summed E-state index contributed by atoms with van der Waals surface area (Å²) in [7, 11) is -4.11. The first-order chi connectivity index (χ1) is 17.1. The average Bonchev–Trinajstić information content (AvgIpc) is 2.87. The molecule has 0 fully saturated rings. The summed E-state index contributed by atoms with van der Waals surface area (Å²) in [6.07, 6.45) is 0. The molecule has 0 bridgehead atoms. The monoisotopic (exact) mass is 591 g/mol. The largest absolute Gasteiger partial charge is 0.355 e. The second-order valence-electron chi connectivity index (χ2n) is 8.02. The lowest BCUT2D eigenvalue weighted by Crippen LogP contribution is -2.51. The van der Waals surface area contributed by atoms with Gasteiger partial charge in [0.15, 0.2) is 0 Å². The summed E-state index contributed by atoms with van der Waals surface area (Å²) >= 11 is 9.35. The van der Waals surface area contributed by atoms with Crippen molar-refractivity contribution in [1.29, 1.82) is 0 Å². The van der Waals surface area contributed by atoms with E-state index in [1.54, 1.807) is 44.2 Å². The van der Waals surface area contributed by atoms with E-state index in [0.717, 1.165) is 14.3 Å². The van der Waals surface area contributed by atoms with Crippen molar-refractivity contribution in [3.63, 3.8) is 0 Å². The average molecular weight is 593 g/mol. The summed E-state index contributed by atoms with van der Waals surface area (Å²) in [5, 5.41) is 3.13. The second-order valence-corrected chi connectivity index (χ2v) is 11.2. The Kier molecular flexibility index (Phi) is 9.53. The third kappa shape index (κ3) is 6.87. The third-order valence-corrected chi connectivity index (χ3v) is 8.08. The fraction of sp³-hybridized carbons (Fsp3) is 0.231. The molecule has 0 radical (unpaired) electrons. The van der Waals surface area contributed by atoms with Crippen molar-refractivity contribution in [3.8, 4) is 0 Å². The van der Waals surface area contributed by atoms with Crippen molar-refractivity contribution in [2.45, 2.75) is 31.3 Å². The molecule has 1 N–H and O–H groups in total. The maximum atomic E-state index is 13.7. The molecule has 0 saturated heterocycles. The van der Waals surface area contributed by atoms with Gasteiger partial charge in [0.2, 0.25) is 11.8 Å². The van der Waals surface area contributed by atoms with Crippen molar-refractivity contribution in [1.82, 2.24) is 10.2 Å². The van der Waals surface area contributed by atoms with Crippen LogP contribution in [0.1, 0.15) is 19.4 Å². The van der Waals surface area contributed by atoms with Crippen LogP contribution in [-0.4, -0.2) is 44.3 Å². The first-order valence-corrected chi connectivity index (χ1v) is 13.9. The molecule has 0 heterocycles. The van der Waals surface area contributed by atoms with E-state index in [9.17, 15) is 18.0 Å². The van der Waals surface area contributed by atoms with Gasteiger partial charge in [-0.2, -0.15) is 0 Å². The number of anilines is 1. The molecule has 2 amide bonds. The Morgan fingerprint density at radius 2 is 1.58 bits per heavy atom. The van der Waals surface area contributed by atoms with Crippen LogP contribution < -0.4 is 9.62 Å². The molecule has 3 rings (SSSR count). The third-order valence-electron chi connectivity index (χ3n) is 5.51. The summed E-state index contributed by atoms with van der Waals surface area (Å²) in [4.78, 5) is 27.8. The number of nitrogens with one attached hydrogen (secondary N) is 1. The van der Waals surface area contributed by atoms with Gasteiger partial charge in [-0.25, -0.2) is 8.42 Å². The van der Waals surface area contributed by atoms with E-state index < -0.39 is 28.5 Å². The van der Waals surface area contributed by atoms with E-state index in [1.165, 1.54) is 29.2 Å². The lowest BCUT2D eigenvalue weighted by Gasteiger charge is -2.32. The van der Waals surface area contributed by atoms with Gasteiger partial charge in [0, 0.05) is 22.6 Å². The number of sulfonamides is 1. The van der Waals surface area contributed by atoms with Crippen molar-refractivity contribution in [2.75, 3.05) is 17.4 Å². The van der Waals surface area contributed by atoms with Gasteiger partial charge in [-0.1, -0.05) is 57.9 Å². The molecule has 0 saturated carbocycles. The van der Waals surface area contributed by atoms with Gasteiger partial charge in [-0.15, -0.1) is 0 Å². The Morgan fingerprint density at radius 1 is 0.972 bits per heavy atom. The summed E-state index contributed by atoms with van der Waals surface area (Å²) in [6, 6.07) is 20.7. The molecule has 3 aromatic carbocycles. The summed E-state index contributed by atoms with van der Waals surface area (Å²) in [5.74, 6) is -0.840. The molecule has 0 aromatic heterocycles. The number of hydrogen-bond acceptors (Lipinski definition) is 4. The van der Waals surface area contributed by atoms with Crippen LogP contribution in [0.25, 0.3) is 0 Å². The highest BCUT2D eigenvalue weighted by Crippen LogP contribution is 2.25. The van der Waals surface area contributed by atoms with Crippen LogP contribution in [-0.2, 0) is 26.2 Å². The number of benzene rings is 3. The van der Waals surface area contributed by atoms with Gasteiger partial charge in [-0.3, -0.25) is 13.9 Å². The first kappa shape index (κ1) is 27.7. The number of nitrogens with zero attached hydrogens (tertiary/aromatic N) is 2. The number of amides is 2. The quantitative estimate of drug-likeness (QED) is 0.365. The second kappa shape index (κ2) is 12.4. The summed E-state index contributed by atoms with van der Waals surface area (Å²) in [6.45, 7) is 3.47. The van der Waals surface area contributed by atoms with Crippen LogP contribution in [0.5, 0.6) is 0 Å². The van der Waals surface area contributed by atoms with Crippen LogP contribution in [0.3, 0.4) is 0 Å². The minimum absolute atomic E-state index is 0.000197. The molecule has 0 aliphatic heterocycles. The number of carbonyl (C=O) groups is 2. The summed E-state index contributed by atoms with van der Waals surface area (Å²) < 4.78 is 29.2. The Labute approximate surface area is 225 Å². The van der Waals surface area contributed by atoms with Crippen LogP contribution >= 0.6 is 27.5 Å². The highest BCUT2D eigenvalue weighted by molar-refractivity contribution is 9.10. The number of likely N-dealkylation sites (N-methyl/N-ethyl adjacent to an activating group) is 1. The smallest absolute Gasteiger partial charge is 0.264 e. The number of hydrogen-bond donors (Lipinski definition) is 1. The van der Waals surface area contributed by atoms with Crippen LogP contribution in [0.2, 0.25) is 5.02 Å². The highest BCUT2D eigenvalue weighted by Gasteiger charge is 2.32. The van der Waals surface area contributed by atoms with Crippen molar-refractivity contribution in [2.24, 2.45) is 0 Å². The van der Waals surface area contributed by atoms with Gasteiger partial charge in [0.25, 0.3) is 10.0 Å². The van der Waals surface area contributed by atoms with Gasteiger partial charge >= 0.3 is 0 Å². The van der Waals surface area contributed by atoms with Crippen molar-refractivity contribution < 1.29 is 18.0 Å². The molecule has 0 spiro atoms. The zero-order valence-corrected chi connectivity index (χ0v) is 23.1. The molecule has 36 heavy (non-hydrogen) atoms. The van der Waals surface area contributed by atoms with E-state index in [-0.39, 0.29) is 17.3 Å². The molecule has 10 heteroatoms. The Bertz CT molecular complexity index is 1290. The number of para-hydroxylation sites is 1. The van der Waals surface area contributed by atoms with E-state index in [1.807, 2.05) is 24.3 Å². The van der Waals surface area contributed by atoms with Crippen LogP contribution in [0.4, 0.5) is 5.69 Å². The molecule has 3 aromatic rings. The normalized spacial score (nSPS) is 12.0. The van der Waals surface area contributed by atoms with E-state index >= 15 is 0 Å². The Hall–Kier alpha value is -2.88. The fourth-order valence-corrected chi connectivity index (χ4v) is 5.35. The van der Waals surface area contributed by atoms with Gasteiger partial charge in [-0.05, 0) is 67.9 Å². The molecule has 0 aliphatic rings. The van der Waals surface area contributed by atoms with Crippen molar-refractivity contribution in [3.05, 3.63) is 93.9 Å². The van der Waals surface area contributed by atoms with E-state index in [2.05, 4.69) is 21.2 Å². The first-order valence-electron chi connectivity index (χ1n) is 11.3. The Morgan fingerprint density at radius 3 is 2.17 bits per heavy atom. The minimum atomic E-state index is -4.11. The SMILES string of the molecule is CCNC(=O)C(C)N(Cc1ccc(Br)cc1)C(=O)CN(c1ccccc1)S(=O)(=O)c1ccc(Cl)cc1. The highest BCUT2D eigenvalue weighted by atomic mass is 79.9. The lowest BCUT2D eigenvalue weighted by molar-refractivity contribution is -0.139. The zero-order chi connectivity index (χ0) is 26.3. The zero-order valence-electron chi connectivity index (χ0n) is 19.9. The standard InChI is InChI=1S/C26H27BrClN3O4S/c1-3-29-26(33)19(2)30(17-20-9-11-21(27)12-10-20)25(32)18-31(23-7-5-4-6-8-23)36(34,35)24-15-13-22(28)14-16-24/h4-16,19H,3,17-18H2,1-2H3,(H,29,33). The number of halogens is 2. The molecule has 1 atom stereocenters. The lowest BCUT2D eigenvalue weighted by atomic mass is 10.1. The van der Waals surface area contributed by atoms with Gasteiger partial charge in [0.1, 0.15) is 12.6 Å². The molecule has 1 unspecified atom stereocenters. The summed E-state index contributed by atoms with van der Waals surface area (Å²) in [5.41, 5.74) is 1.13. The van der Waals surface area contributed by atoms with Gasteiger partial charge < -0.3 is 10.2 Å². The molecule has 7 nitrogen and oxygen atoms in total. The fourth-order valence-electron chi connectivity index (χ4n) is 3.55. The predicted octanol–water partition coefficient (Wildman–Crippen LogP) is 4.85. The van der Waals surface area contributed by atoms with E-state index in [4.69, 9.17) is 11.6 Å².